The molecule has 2 aliphatic heterocycles. The largest absolute Gasteiger partial charge is 0.504 e. The summed E-state index contributed by atoms with van der Waals surface area (Å²) < 4.78 is 6.08. The number of carbonyl (C=O) groups is 1. The van der Waals surface area contributed by atoms with E-state index in [0.717, 1.165) is 30.9 Å². The van der Waals surface area contributed by atoms with Gasteiger partial charge >= 0.3 is 0 Å². The summed E-state index contributed by atoms with van der Waals surface area (Å²) in [5, 5.41) is 10.3. The quantitative estimate of drug-likeness (QED) is 0.906. The summed E-state index contributed by atoms with van der Waals surface area (Å²) in [4.78, 5) is 15.3. The smallest absolute Gasteiger partial charge is 0.196 e. The molecule has 2 heterocycles. The highest BCUT2D eigenvalue weighted by atomic mass is 16.5. The van der Waals surface area contributed by atoms with Crippen LogP contribution in [-0.2, 0) is 16.6 Å². The Labute approximate surface area is 141 Å². The number of hydrogen-bond acceptors (Lipinski definition) is 4. The van der Waals surface area contributed by atoms with Crippen molar-refractivity contribution in [1.82, 2.24) is 4.90 Å². The second-order valence-electron chi connectivity index (χ2n) is 8.23. The van der Waals surface area contributed by atoms with Crippen LogP contribution in [0.3, 0.4) is 0 Å². The first-order valence-corrected chi connectivity index (χ1v) is 9.16. The van der Waals surface area contributed by atoms with Gasteiger partial charge in [-0.25, -0.2) is 0 Å². The zero-order chi connectivity index (χ0) is 16.1. The zero-order valence-electron chi connectivity index (χ0n) is 13.6. The molecule has 1 saturated carbocycles. The number of aromatic hydroxyl groups is 1. The van der Waals surface area contributed by atoms with Crippen LogP contribution < -0.4 is 4.74 Å². The number of ketones is 1. The fourth-order valence-corrected chi connectivity index (χ4v) is 5.83. The summed E-state index contributed by atoms with van der Waals surface area (Å²) in [7, 11) is 0. The van der Waals surface area contributed by atoms with Crippen molar-refractivity contribution in [3.8, 4) is 11.5 Å². The molecule has 1 aromatic rings. The number of nitrogens with zero attached hydrogens (tertiary/aromatic N) is 1. The van der Waals surface area contributed by atoms with Gasteiger partial charge in [-0.2, -0.15) is 0 Å². The first kappa shape index (κ1) is 13.5. The molecule has 4 heteroatoms. The summed E-state index contributed by atoms with van der Waals surface area (Å²) in [6.07, 6.45) is 8.12. The molecule has 4 atom stereocenters. The molecule has 1 saturated heterocycles. The number of phenols is 1. The number of piperidine rings is 1. The number of carbonyl (C=O) groups excluding carboxylic acids is 1. The van der Waals surface area contributed by atoms with Gasteiger partial charge < -0.3 is 9.84 Å². The minimum atomic E-state index is -0.444. The van der Waals surface area contributed by atoms with Gasteiger partial charge in [0, 0.05) is 24.1 Å². The molecule has 1 N–H and O–H groups in total. The lowest BCUT2D eigenvalue weighted by Gasteiger charge is -2.56. The molecular weight excluding hydrogens is 302 g/mol. The minimum Gasteiger partial charge on any atom is -0.504 e. The van der Waals surface area contributed by atoms with Crippen molar-refractivity contribution in [3.05, 3.63) is 35.4 Å². The van der Waals surface area contributed by atoms with Crippen LogP contribution in [0.25, 0.3) is 0 Å². The van der Waals surface area contributed by atoms with Crippen molar-refractivity contribution >= 4 is 5.78 Å². The third-order valence-electron chi connectivity index (χ3n) is 7.03. The van der Waals surface area contributed by atoms with Gasteiger partial charge in [-0.05, 0) is 55.9 Å². The molecule has 1 aromatic carbocycles. The molecular formula is C20H21NO3. The van der Waals surface area contributed by atoms with E-state index in [4.69, 9.17) is 4.74 Å². The van der Waals surface area contributed by atoms with E-state index in [9.17, 15) is 9.90 Å². The maximum atomic E-state index is 12.6. The average Bonchev–Trinajstić information content (AvgIpc) is 3.32. The molecule has 6 rings (SSSR count). The lowest BCUT2D eigenvalue weighted by molar-refractivity contribution is -0.127. The first-order valence-electron chi connectivity index (χ1n) is 9.16. The Hall–Kier alpha value is -1.81. The standard InChI is InChI=1S/C20H21NO3/c22-15-5-3-12-9-14-13-4-6-16(23)19-20(13,17(12)18(15)24-19)7-8-21(14)10-11-1-2-11/h3-6,11,13-14,19,22H,1-2,7-10H2. The molecule has 4 unspecified atom stereocenters. The lowest BCUT2D eigenvalue weighted by Crippen LogP contribution is -2.65. The number of likely N-dealkylation sites (tertiary alicyclic amines) is 1. The molecule has 2 bridgehead atoms. The van der Waals surface area contributed by atoms with E-state index in [2.05, 4.69) is 11.0 Å². The van der Waals surface area contributed by atoms with Crippen molar-refractivity contribution in [3.63, 3.8) is 0 Å². The van der Waals surface area contributed by atoms with Gasteiger partial charge in [0.1, 0.15) is 0 Å². The zero-order valence-corrected chi connectivity index (χ0v) is 13.6. The van der Waals surface area contributed by atoms with Gasteiger partial charge in [0.05, 0.1) is 5.41 Å². The van der Waals surface area contributed by atoms with Crippen LogP contribution >= 0.6 is 0 Å². The van der Waals surface area contributed by atoms with E-state index in [-0.39, 0.29) is 16.9 Å². The van der Waals surface area contributed by atoms with Crippen molar-refractivity contribution in [1.29, 1.82) is 0 Å². The fraction of sp³-hybridized carbons (Fsp3) is 0.550. The van der Waals surface area contributed by atoms with E-state index in [1.54, 1.807) is 12.1 Å². The second-order valence-corrected chi connectivity index (χ2v) is 8.23. The Morgan fingerprint density at radius 1 is 1.33 bits per heavy atom. The van der Waals surface area contributed by atoms with Crippen LogP contribution in [0.5, 0.6) is 11.5 Å². The third-order valence-corrected chi connectivity index (χ3v) is 7.03. The van der Waals surface area contributed by atoms with Crippen LogP contribution in [0.1, 0.15) is 30.4 Å². The van der Waals surface area contributed by atoms with E-state index < -0.39 is 6.10 Å². The van der Waals surface area contributed by atoms with E-state index in [1.807, 2.05) is 6.07 Å². The normalized spacial score (nSPS) is 38.8. The topological polar surface area (TPSA) is 49.8 Å². The number of rotatable bonds is 2. The molecule has 0 radical (unpaired) electrons. The van der Waals surface area contributed by atoms with Crippen molar-refractivity contribution < 1.29 is 14.6 Å². The monoisotopic (exact) mass is 323 g/mol. The average molecular weight is 323 g/mol. The van der Waals surface area contributed by atoms with Crippen LogP contribution in [0.4, 0.5) is 0 Å². The molecule has 0 aromatic heterocycles. The van der Waals surface area contributed by atoms with Crippen LogP contribution in [0.2, 0.25) is 0 Å². The summed E-state index contributed by atoms with van der Waals surface area (Å²) >= 11 is 0. The first-order chi connectivity index (χ1) is 11.7. The Bertz CT molecular complexity index is 796. The predicted molar refractivity (Wildman–Crippen MR) is 88.2 cm³/mol. The maximum absolute atomic E-state index is 12.6. The van der Waals surface area contributed by atoms with Crippen molar-refractivity contribution in [2.45, 2.75) is 43.2 Å². The molecule has 24 heavy (non-hydrogen) atoms. The highest BCUT2D eigenvalue weighted by Gasteiger charge is 2.64. The van der Waals surface area contributed by atoms with Gasteiger partial charge in [-0.1, -0.05) is 12.1 Å². The fourth-order valence-electron chi connectivity index (χ4n) is 5.83. The molecule has 1 spiro atoms. The molecule has 5 aliphatic rings. The summed E-state index contributed by atoms with van der Waals surface area (Å²) in [6.45, 7) is 2.23. The number of hydrogen-bond donors (Lipinski definition) is 1. The van der Waals surface area contributed by atoms with Crippen molar-refractivity contribution in [2.24, 2.45) is 11.8 Å². The number of phenolic OH excluding ortho intramolecular Hbond substituents is 1. The van der Waals surface area contributed by atoms with Gasteiger partial charge in [0.2, 0.25) is 0 Å². The molecule has 3 aliphatic carbocycles. The summed E-state index contributed by atoms with van der Waals surface area (Å²) in [5.74, 6) is 2.02. The number of benzene rings is 1. The lowest BCUT2D eigenvalue weighted by atomic mass is 9.53. The molecule has 2 fully saturated rings. The van der Waals surface area contributed by atoms with E-state index in [0.29, 0.717) is 17.7 Å². The van der Waals surface area contributed by atoms with Gasteiger partial charge in [0.15, 0.2) is 23.4 Å². The minimum absolute atomic E-state index is 0.0593. The third kappa shape index (κ3) is 1.47. The Balaban J connectivity index is 1.56. The van der Waals surface area contributed by atoms with Crippen molar-refractivity contribution in [2.75, 3.05) is 13.1 Å². The Kier molecular flexibility index (Phi) is 2.38. The Morgan fingerprint density at radius 3 is 3.04 bits per heavy atom. The molecule has 124 valence electrons. The molecule has 4 nitrogen and oxygen atoms in total. The second kappa shape index (κ2) is 4.23. The van der Waals surface area contributed by atoms with Gasteiger partial charge in [0.25, 0.3) is 0 Å². The SMILES string of the molecule is O=C1C=CC2C3Cc4ccc(O)c5c4C2(CCN3CC2CC2)C1O5. The summed E-state index contributed by atoms with van der Waals surface area (Å²) in [5.41, 5.74) is 2.16. The predicted octanol–water partition coefficient (Wildman–Crippen LogP) is 2.19. The van der Waals surface area contributed by atoms with Crippen LogP contribution in [-0.4, -0.2) is 41.0 Å². The number of ether oxygens (including phenoxy) is 1. The van der Waals surface area contributed by atoms with Gasteiger partial charge in [-0.3, -0.25) is 9.69 Å². The van der Waals surface area contributed by atoms with E-state index >= 15 is 0 Å². The Morgan fingerprint density at radius 2 is 2.21 bits per heavy atom. The van der Waals surface area contributed by atoms with E-state index in [1.165, 1.54) is 24.9 Å². The van der Waals surface area contributed by atoms with Gasteiger partial charge in [-0.15, -0.1) is 0 Å². The molecule has 0 amide bonds. The highest BCUT2D eigenvalue weighted by Crippen LogP contribution is 2.62. The highest BCUT2D eigenvalue weighted by molar-refractivity contribution is 5.98. The maximum Gasteiger partial charge on any atom is 0.196 e. The summed E-state index contributed by atoms with van der Waals surface area (Å²) in [6, 6.07) is 4.24. The van der Waals surface area contributed by atoms with Crippen LogP contribution in [0.15, 0.2) is 24.3 Å². The van der Waals surface area contributed by atoms with Crippen LogP contribution in [0, 0.1) is 11.8 Å².